The maximum absolute atomic E-state index is 12.7. The zero-order valence-electron chi connectivity index (χ0n) is 7.06. The fraction of sp³-hybridized carbons (Fsp3) is 1.00. The zero-order chi connectivity index (χ0) is 9.03. The van der Waals surface area contributed by atoms with Gasteiger partial charge in [0.25, 0.3) is 0 Å². The fourth-order valence-electron chi connectivity index (χ4n) is 1.64. The molecular weight excluding hydrogens is 180 g/mol. The van der Waals surface area contributed by atoms with Crippen LogP contribution in [0.25, 0.3) is 0 Å². The molecule has 1 saturated heterocycles. The predicted molar refractivity (Wildman–Crippen MR) is 48.7 cm³/mol. The van der Waals surface area contributed by atoms with E-state index in [1.807, 2.05) is 0 Å². The summed E-state index contributed by atoms with van der Waals surface area (Å²) >= 11 is 1.77. The molecule has 0 saturated carbocycles. The highest BCUT2D eigenvalue weighted by Crippen LogP contribution is 2.42. The molecular formula is C8H15F2NS. The monoisotopic (exact) mass is 195 g/mol. The second kappa shape index (κ2) is 4.42. The number of alkyl halides is 2. The van der Waals surface area contributed by atoms with Crippen molar-refractivity contribution in [2.45, 2.75) is 25.7 Å². The fourth-order valence-corrected chi connectivity index (χ4v) is 2.95. The van der Waals surface area contributed by atoms with E-state index in [4.69, 9.17) is 5.73 Å². The van der Waals surface area contributed by atoms with Gasteiger partial charge in [0.15, 0.2) is 0 Å². The lowest BCUT2D eigenvalue weighted by atomic mass is 9.79. The first-order valence-corrected chi connectivity index (χ1v) is 5.43. The third kappa shape index (κ3) is 2.10. The minimum absolute atomic E-state index is 0.384. The lowest BCUT2D eigenvalue weighted by Crippen LogP contribution is -2.35. The van der Waals surface area contributed by atoms with Crippen LogP contribution in [0.1, 0.15) is 19.3 Å². The molecule has 1 aliphatic rings. The molecule has 4 heteroatoms. The number of halogens is 2. The maximum atomic E-state index is 12.7. The largest absolute Gasteiger partial charge is 0.330 e. The van der Waals surface area contributed by atoms with Crippen LogP contribution in [0.5, 0.6) is 0 Å². The first-order chi connectivity index (χ1) is 5.71. The highest BCUT2D eigenvalue weighted by atomic mass is 32.2. The van der Waals surface area contributed by atoms with Gasteiger partial charge in [-0.15, -0.1) is 0 Å². The lowest BCUT2D eigenvalue weighted by molar-refractivity contribution is -0.0162. The van der Waals surface area contributed by atoms with E-state index < -0.39 is 11.8 Å². The molecule has 0 amide bonds. The predicted octanol–water partition coefficient (Wildman–Crippen LogP) is 2.11. The van der Waals surface area contributed by atoms with Gasteiger partial charge in [-0.2, -0.15) is 11.8 Å². The summed E-state index contributed by atoms with van der Waals surface area (Å²) in [6, 6.07) is 0. The van der Waals surface area contributed by atoms with E-state index in [-0.39, 0.29) is 0 Å². The summed E-state index contributed by atoms with van der Waals surface area (Å²) in [4.78, 5) is 0. The minimum atomic E-state index is -2.19. The van der Waals surface area contributed by atoms with Gasteiger partial charge in [0.05, 0.1) is 0 Å². The Balaban J connectivity index is 2.56. The van der Waals surface area contributed by atoms with Gasteiger partial charge in [-0.05, 0) is 37.3 Å². The van der Waals surface area contributed by atoms with E-state index in [0.29, 0.717) is 25.8 Å². The van der Waals surface area contributed by atoms with Crippen LogP contribution >= 0.6 is 11.8 Å². The molecule has 12 heavy (non-hydrogen) atoms. The number of rotatable bonds is 3. The third-order valence-electron chi connectivity index (χ3n) is 2.59. The van der Waals surface area contributed by atoms with Gasteiger partial charge in [0.1, 0.15) is 0 Å². The van der Waals surface area contributed by atoms with Crippen molar-refractivity contribution in [3.63, 3.8) is 0 Å². The van der Waals surface area contributed by atoms with Crippen molar-refractivity contribution in [1.82, 2.24) is 0 Å². The van der Waals surface area contributed by atoms with Crippen molar-refractivity contribution in [1.29, 1.82) is 0 Å². The molecule has 2 N–H and O–H groups in total. The van der Waals surface area contributed by atoms with Gasteiger partial charge in [-0.1, -0.05) is 0 Å². The molecule has 1 heterocycles. The van der Waals surface area contributed by atoms with Crippen LogP contribution < -0.4 is 5.73 Å². The molecule has 1 rings (SSSR count). The summed E-state index contributed by atoms with van der Waals surface area (Å²) in [5.41, 5.74) is 4.59. The molecule has 0 aliphatic carbocycles. The Labute approximate surface area is 76.1 Å². The van der Waals surface area contributed by atoms with Gasteiger partial charge < -0.3 is 5.73 Å². The lowest BCUT2D eigenvalue weighted by Gasteiger charge is -2.35. The van der Waals surface area contributed by atoms with Crippen molar-refractivity contribution in [2.75, 3.05) is 18.1 Å². The van der Waals surface area contributed by atoms with Crippen LogP contribution in [0.4, 0.5) is 8.78 Å². The zero-order valence-corrected chi connectivity index (χ0v) is 7.88. The Morgan fingerprint density at radius 2 is 1.92 bits per heavy atom. The molecule has 0 aromatic carbocycles. The van der Waals surface area contributed by atoms with Gasteiger partial charge in [0, 0.05) is 5.41 Å². The number of nitrogens with two attached hydrogens (primary N) is 1. The molecule has 1 nitrogen and oxygen atoms in total. The van der Waals surface area contributed by atoms with Gasteiger partial charge in [-0.25, -0.2) is 8.78 Å². The first kappa shape index (κ1) is 10.3. The molecule has 1 aliphatic heterocycles. The van der Waals surface area contributed by atoms with Crippen LogP contribution in [0.15, 0.2) is 0 Å². The van der Waals surface area contributed by atoms with E-state index in [9.17, 15) is 8.78 Å². The molecule has 0 bridgehead atoms. The smallest absolute Gasteiger partial charge is 0.244 e. The summed E-state index contributed by atoms with van der Waals surface area (Å²) in [6.45, 7) is 0.384. The Morgan fingerprint density at radius 1 is 1.33 bits per heavy atom. The van der Waals surface area contributed by atoms with Gasteiger partial charge in [-0.3, -0.25) is 0 Å². The highest BCUT2D eigenvalue weighted by Gasteiger charge is 2.40. The number of hydrogen-bond donors (Lipinski definition) is 1. The molecule has 72 valence electrons. The van der Waals surface area contributed by atoms with Crippen LogP contribution in [0.2, 0.25) is 0 Å². The normalized spacial score (nSPS) is 23.0. The average molecular weight is 195 g/mol. The van der Waals surface area contributed by atoms with Crippen molar-refractivity contribution in [2.24, 2.45) is 11.1 Å². The third-order valence-corrected chi connectivity index (χ3v) is 3.58. The Hall–Kier alpha value is 0.170. The summed E-state index contributed by atoms with van der Waals surface area (Å²) in [5, 5.41) is 0. The molecule has 0 aromatic rings. The van der Waals surface area contributed by atoms with E-state index >= 15 is 0 Å². The topological polar surface area (TPSA) is 26.0 Å². The maximum Gasteiger partial charge on any atom is 0.244 e. The van der Waals surface area contributed by atoms with E-state index in [1.54, 1.807) is 11.8 Å². The minimum Gasteiger partial charge on any atom is -0.330 e. The first-order valence-electron chi connectivity index (χ1n) is 4.27. The second-order valence-electron chi connectivity index (χ2n) is 3.31. The summed E-state index contributed by atoms with van der Waals surface area (Å²) in [6.07, 6.45) is -0.452. The Bertz CT molecular complexity index is 130. The molecule has 0 unspecified atom stereocenters. The Kier molecular flexibility index (Phi) is 3.77. The molecule has 0 atom stereocenters. The Morgan fingerprint density at radius 3 is 2.33 bits per heavy atom. The van der Waals surface area contributed by atoms with Crippen LogP contribution in [0, 0.1) is 5.41 Å². The van der Waals surface area contributed by atoms with Crippen molar-refractivity contribution < 1.29 is 8.78 Å². The SMILES string of the molecule is NCCC1(C(F)F)CCSCC1. The summed E-state index contributed by atoms with van der Waals surface area (Å²) < 4.78 is 25.4. The number of thioether (sulfide) groups is 1. The quantitative estimate of drug-likeness (QED) is 0.746. The molecule has 0 spiro atoms. The van der Waals surface area contributed by atoms with E-state index in [2.05, 4.69) is 0 Å². The van der Waals surface area contributed by atoms with Crippen molar-refractivity contribution >= 4 is 11.8 Å². The molecule has 0 radical (unpaired) electrons. The van der Waals surface area contributed by atoms with Crippen molar-refractivity contribution in [3.05, 3.63) is 0 Å². The van der Waals surface area contributed by atoms with E-state index in [1.165, 1.54) is 0 Å². The van der Waals surface area contributed by atoms with Crippen LogP contribution in [-0.4, -0.2) is 24.5 Å². The average Bonchev–Trinajstić information content (AvgIpc) is 2.06. The van der Waals surface area contributed by atoms with Gasteiger partial charge in [0.2, 0.25) is 6.43 Å². The van der Waals surface area contributed by atoms with E-state index in [0.717, 1.165) is 11.5 Å². The molecule has 1 fully saturated rings. The van der Waals surface area contributed by atoms with Gasteiger partial charge >= 0.3 is 0 Å². The number of hydrogen-bond acceptors (Lipinski definition) is 2. The molecule has 0 aromatic heterocycles. The highest BCUT2D eigenvalue weighted by molar-refractivity contribution is 7.99. The van der Waals surface area contributed by atoms with Crippen molar-refractivity contribution in [3.8, 4) is 0 Å². The van der Waals surface area contributed by atoms with Crippen LogP contribution in [0.3, 0.4) is 0 Å². The second-order valence-corrected chi connectivity index (χ2v) is 4.54. The standard InChI is InChI=1S/C8H15F2NS/c9-7(10)8(1-4-11)2-5-12-6-3-8/h7H,1-6,11H2. The summed E-state index contributed by atoms with van der Waals surface area (Å²) in [7, 11) is 0. The van der Waals surface area contributed by atoms with Crippen LogP contribution in [-0.2, 0) is 0 Å². The summed E-state index contributed by atoms with van der Waals surface area (Å²) in [5.74, 6) is 1.73.